The van der Waals surface area contributed by atoms with E-state index in [9.17, 15) is 4.79 Å². The van der Waals surface area contributed by atoms with E-state index in [4.69, 9.17) is 11.5 Å². The molecule has 0 aromatic rings. The van der Waals surface area contributed by atoms with Crippen molar-refractivity contribution in [3.8, 4) is 0 Å². The first kappa shape index (κ1) is 11.4. The van der Waals surface area contributed by atoms with E-state index in [1.54, 1.807) is 0 Å². The van der Waals surface area contributed by atoms with Gasteiger partial charge in [-0.05, 0) is 18.3 Å². The van der Waals surface area contributed by atoms with Gasteiger partial charge in [0.05, 0.1) is 6.04 Å². The average molecular weight is 172 g/mol. The zero-order chi connectivity index (χ0) is 9.78. The van der Waals surface area contributed by atoms with Gasteiger partial charge in [-0.15, -0.1) is 0 Å². The molecular formula is C9H20N2O. The second-order valence-corrected chi connectivity index (χ2v) is 4.07. The third-order valence-corrected chi connectivity index (χ3v) is 2.45. The first-order valence-electron chi connectivity index (χ1n) is 4.44. The van der Waals surface area contributed by atoms with Crippen molar-refractivity contribution >= 4 is 5.91 Å². The minimum absolute atomic E-state index is 0.271. The van der Waals surface area contributed by atoms with Gasteiger partial charge in [0.25, 0.3) is 0 Å². The van der Waals surface area contributed by atoms with Crippen molar-refractivity contribution in [2.24, 2.45) is 16.9 Å². The summed E-state index contributed by atoms with van der Waals surface area (Å²) in [5, 5.41) is 0. The van der Waals surface area contributed by atoms with E-state index < -0.39 is 11.9 Å². The third-order valence-electron chi connectivity index (χ3n) is 2.45. The Morgan fingerprint density at radius 3 is 2.33 bits per heavy atom. The second-order valence-electron chi connectivity index (χ2n) is 4.07. The molecule has 0 spiro atoms. The molecule has 3 nitrogen and oxygen atoms in total. The maximum atomic E-state index is 10.6. The summed E-state index contributed by atoms with van der Waals surface area (Å²) in [4.78, 5) is 10.6. The highest BCUT2D eigenvalue weighted by Gasteiger charge is 2.18. The molecule has 1 atom stereocenters. The lowest BCUT2D eigenvalue weighted by molar-refractivity contribution is -0.119. The predicted molar refractivity (Wildman–Crippen MR) is 50.5 cm³/mol. The largest absolute Gasteiger partial charge is 0.368 e. The molecule has 0 aliphatic heterocycles. The minimum atomic E-state index is -0.476. The van der Waals surface area contributed by atoms with Gasteiger partial charge in [-0.3, -0.25) is 4.79 Å². The van der Waals surface area contributed by atoms with Crippen molar-refractivity contribution in [3.05, 3.63) is 0 Å². The van der Waals surface area contributed by atoms with Crippen molar-refractivity contribution in [3.63, 3.8) is 0 Å². The molecule has 1 amide bonds. The Morgan fingerprint density at radius 1 is 1.50 bits per heavy atom. The van der Waals surface area contributed by atoms with Crippen LogP contribution in [0, 0.1) is 5.41 Å². The average Bonchev–Trinajstić information content (AvgIpc) is 2.00. The summed E-state index contributed by atoms with van der Waals surface area (Å²) in [5.74, 6) is -0.401. The highest BCUT2D eigenvalue weighted by molar-refractivity contribution is 5.79. The Labute approximate surface area is 74.5 Å². The van der Waals surface area contributed by atoms with Gasteiger partial charge in [0.2, 0.25) is 5.91 Å². The number of hydrogen-bond donors (Lipinski definition) is 2. The number of primary amides is 1. The van der Waals surface area contributed by atoms with Gasteiger partial charge in [0.15, 0.2) is 0 Å². The van der Waals surface area contributed by atoms with Crippen molar-refractivity contribution in [1.82, 2.24) is 0 Å². The Morgan fingerprint density at radius 2 is 2.00 bits per heavy atom. The van der Waals surface area contributed by atoms with Crippen molar-refractivity contribution < 1.29 is 4.79 Å². The molecule has 0 saturated carbocycles. The Bertz CT molecular complexity index is 155. The SMILES string of the molecule is CCC(C)(C)CCC(N)C(N)=O. The molecule has 1 unspecified atom stereocenters. The Hall–Kier alpha value is -0.570. The Balaban J connectivity index is 3.75. The highest BCUT2D eigenvalue weighted by Crippen LogP contribution is 2.26. The standard InChI is InChI=1S/C9H20N2O/c1-4-9(2,3)6-5-7(10)8(11)12/h7H,4-6,10H2,1-3H3,(H2,11,12). The second kappa shape index (κ2) is 4.45. The van der Waals surface area contributed by atoms with Crippen molar-refractivity contribution in [2.45, 2.75) is 46.1 Å². The molecular weight excluding hydrogens is 152 g/mol. The summed E-state index contributed by atoms with van der Waals surface area (Å²) in [6, 6.07) is -0.476. The van der Waals surface area contributed by atoms with Gasteiger partial charge in [-0.2, -0.15) is 0 Å². The fourth-order valence-electron chi connectivity index (χ4n) is 0.865. The van der Waals surface area contributed by atoms with Crippen LogP contribution >= 0.6 is 0 Å². The van der Waals surface area contributed by atoms with E-state index in [1.165, 1.54) is 0 Å². The van der Waals surface area contributed by atoms with Crippen LogP contribution in [-0.2, 0) is 4.79 Å². The summed E-state index contributed by atoms with van der Waals surface area (Å²) in [5.41, 5.74) is 10.8. The van der Waals surface area contributed by atoms with E-state index in [0.29, 0.717) is 6.42 Å². The van der Waals surface area contributed by atoms with Gasteiger partial charge < -0.3 is 11.5 Å². The smallest absolute Gasteiger partial charge is 0.234 e. The summed E-state index contributed by atoms with van der Waals surface area (Å²) >= 11 is 0. The van der Waals surface area contributed by atoms with E-state index in [-0.39, 0.29) is 5.41 Å². The third kappa shape index (κ3) is 4.34. The number of rotatable bonds is 5. The molecule has 0 fully saturated rings. The number of nitrogens with two attached hydrogens (primary N) is 2. The molecule has 0 aliphatic carbocycles. The fraction of sp³-hybridized carbons (Fsp3) is 0.889. The fourth-order valence-corrected chi connectivity index (χ4v) is 0.865. The topological polar surface area (TPSA) is 69.1 Å². The number of carbonyl (C=O) groups excluding carboxylic acids is 1. The van der Waals surface area contributed by atoms with Crippen LogP contribution in [0.3, 0.4) is 0 Å². The van der Waals surface area contributed by atoms with Gasteiger partial charge >= 0.3 is 0 Å². The number of hydrogen-bond acceptors (Lipinski definition) is 2. The maximum Gasteiger partial charge on any atom is 0.234 e. The van der Waals surface area contributed by atoms with Crippen molar-refractivity contribution in [1.29, 1.82) is 0 Å². The lowest BCUT2D eigenvalue weighted by Gasteiger charge is -2.23. The summed E-state index contributed by atoms with van der Waals surface area (Å²) in [6.45, 7) is 6.47. The van der Waals surface area contributed by atoms with Crippen LogP contribution in [0.15, 0.2) is 0 Å². The maximum absolute atomic E-state index is 10.6. The molecule has 4 N–H and O–H groups in total. The molecule has 0 rings (SSSR count). The molecule has 0 aromatic carbocycles. The first-order valence-corrected chi connectivity index (χ1v) is 4.44. The van der Waals surface area contributed by atoms with Crippen molar-refractivity contribution in [2.75, 3.05) is 0 Å². The highest BCUT2D eigenvalue weighted by atomic mass is 16.1. The molecule has 3 heteroatoms. The lowest BCUT2D eigenvalue weighted by Crippen LogP contribution is -2.37. The quantitative estimate of drug-likeness (QED) is 0.650. The molecule has 0 saturated heterocycles. The number of carbonyl (C=O) groups is 1. The Kier molecular flexibility index (Phi) is 4.24. The van der Waals surface area contributed by atoms with Crippen LogP contribution in [-0.4, -0.2) is 11.9 Å². The summed E-state index contributed by atoms with van der Waals surface area (Å²) in [7, 11) is 0. The first-order chi connectivity index (χ1) is 5.39. The van der Waals surface area contributed by atoms with Gasteiger partial charge in [0, 0.05) is 0 Å². The molecule has 72 valence electrons. The molecule has 0 aromatic heterocycles. The van der Waals surface area contributed by atoms with E-state index in [0.717, 1.165) is 12.8 Å². The minimum Gasteiger partial charge on any atom is -0.368 e. The molecule has 0 bridgehead atoms. The van der Waals surface area contributed by atoms with Gasteiger partial charge in [-0.1, -0.05) is 27.2 Å². The molecule has 12 heavy (non-hydrogen) atoms. The van der Waals surface area contributed by atoms with Crippen LogP contribution in [0.5, 0.6) is 0 Å². The van der Waals surface area contributed by atoms with Crippen LogP contribution < -0.4 is 11.5 Å². The predicted octanol–water partition coefficient (Wildman–Crippen LogP) is 1.02. The number of amides is 1. The van der Waals surface area contributed by atoms with Gasteiger partial charge in [-0.25, -0.2) is 0 Å². The zero-order valence-electron chi connectivity index (χ0n) is 8.26. The lowest BCUT2D eigenvalue weighted by atomic mass is 9.84. The zero-order valence-corrected chi connectivity index (χ0v) is 8.26. The molecule has 0 radical (unpaired) electrons. The summed E-state index contributed by atoms with van der Waals surface area (Å²) in [6.07, 6.45) is 2.74. The van der Waals surface area contributed by atoms with Crippen LogP contribution in [0.25, 0.3) is 0 Å². The monoisotopic (exact) mass is 172 g/mol. The molecule has 0 aliphatic rings. The van der Waals surface area contributed by atoms with Gasteiger partial charge in [0.1, 0.15) is 0 Å². The normalized spacial score (nSPS) is 14.3. The van der Waals surface area contributed by atoms with Crippen LogP contribution in [0.4, 0.5) is 0 Å². The van der Waals surface area contributed by atoms with E-state index in [1.807, 2.05) is 0 Å². The van der Waals surface area contributed by atoms with E-state index >= 15 is 0 Å². The van der Waals surface area contributed by atoms with E-state index in [2.05, 4.69) is 20.8 Å². The summed E-state index contributed by atoms with van der Waals surface area (Å²) < 4.78 is 0. The van der Waals surface area contributed by atoms with Crippen LogP contribution in [0.2, 0.25) is 0 Å². The molecule has 0 heterocycles. The van der Waals surface area contributed by atoms with Crippen LogP contribution in [0.1, 0.15) is 40.0 Å².